The van der Waals surface area contributed by atoms with Crippen molar-refractivity contribution >= 4 is 86.8 Å². The Morgan fingerprint density at radius 2 is 0.861 bits per heavy atom. The number of H-pyrrole nitrogens is 1. The first kappa shape index (κ1) is 18.5. The van der Waals surface area contributed by atoms with Crippen LogP contribution in [0.3, 0.4) is 0 Å². The molecule has 2 heterocycles. The number of aromatic nitrogens is 1. The molecule has 0 atom stereocenters. The van der Waals surface area contributed by atoms with E-state index in [-0.39, 0.29) is 0 Å². The maximum Gasteiger partial charge on any atom is 0.144 e. The minimum Gasteiger partial charge on any atom is -0.455 e. The molecule has 0 aliphatic carbocycles. The minimum atomic E-state index is 0.928. The molecule has 0 fully saturated rings. The van der Waals surface area contributed by atoms with Crippen LogP contribution in [0.2, 0.25) is 0 Å². The molecule has 9 aromatic rings. The van der Waals surface area contributed by atoms with E-state index in [4.69, 9.17) is 4.42 Å². The molecule has 166 valence electrons. The Kier molecular flexibility index (Phi) is 3.31. The third-order valence-electron chi connectivity index (χ3n) is 7.95. The fourth-order valence-corrected chi connectivity index (χ4v) is 6.54. The highest BCUT2D eigenvalue weighted by atomic mass is 16.3. The topological polar surface area (TPSA) is 28.9 Å². The lowest BCUT2D eigenvalue weighted by Gasteiger charge is -2.13. The molecule has 0 radical (unpaired) electrons. The molecule has 0 aliphatic heterocycles. The van der Waals surface area contributed by atoms with Gasteiger partial charge in [0.2, 0.25) is 0 Å². The first-order chi connectivity index (χ1) is 17.9. The van der Waals surface area contributed by atoms with Gasteiger partial charge in [-0.2, -0.15) is 0 Å². The molecular formula is C34H19NO. The van der Waals surface area contributed by atoms with Gasteiger partial charge in [0.25, 0.3) is 0 Å². The molecule has 2 aromatic heterocycles. The van der Waals surface area contributed by atoms with Crippen molar-refractivity contribution in [3.63, 3.8) is 0 Å². The SMILES string of the molecule is c1ccc2c(c1)[nH]c1ccc3oc4c5c6ccccc6c6ccccc6c5c5ccccc5c4c3c12. The Morgan fingerprint density at radius 1 is 0.361 bits per heavy atom. The smallest absolute Gasteiger partial charge is 0.144 e. The number of hydrogen-bond acceptors (Lipinski definition) is 1. The largest absolute Gasteiger partial charge is 0.455 e. The van der Waals surface area contributed by atoms with Gasteiger partial charge in [-0.05, 0) is 50.5 Å². The quantitative estimate of drug-likeness (QED) is 0.226. The Balaban J connectivity index is 1.70. The van der Waals surface area contributed by atoms with Gasteiger partial charge in [0.15, 0.2) is 0 Å². The Morgan fingerprint density at radius 3 is 1.56 bits per heavy atom. The molecule has 0 bridgehead atoms. The van der Waals surface area contributed by atoms with Crippen LogP contribution in [0.1, 0.15) is 0 Å². The molecule has 7 aromatic carbocycles. The van der Waals surface area contributed by atoms with Crippen LogP contribution < -0.4 is 0 Å². The van der Waals surface area contributed by atoms with Crippen LogP contribution in [0.25, 0.3) is 86.8 Å². The van der Waals surface area contributed by atoms with Gasteiger partial charge in [0.1, 0.15) is 11.2 Å². The third kappa shape index (κ3) is 2.14. The van der Waals surface area contributed by atoms with Gasteiger partial charge in [-0.15, -0.1) is 0 Å². The average molecular weight is 458 g/mol. The van der Waals surface area contributed by atoms with Crippen LogP contribution in [0.15, 0.2) is 114 Å². The molecule has 0 saturated carbocycles. The molecule has 0 unspecified atom stereocenters. The zero-order chi connectivity index (χ0) is 23.4. The molecule has 2 heteroatoms. The number of benzene rings is 7. The van der Waals surface area contributed by atoms with Crippen molar-refractivity contribution in [1.82, 2.24) is 4.98 Å². The molecule has 36 heavy (non-hydrogen) atoms. The van der Waals surface area contributed by atoms with E-state index < -0.39 is 0 Å². The summed E-state index contributed by atoms with van der Waals surface area (Å²) < 4.78 is 6.84. The highest BCUT2D eigenvalue weighted by Gasteiger charge is 2.22. The zero-order valence-electron chi connectivity index (χ0n) is 19.3. The summed E-state index contributed by atoms with van der Waals surface area (Å²) in [5, 5.41) is 14.8. The number of furan rings is 1. The summed E-state index contributed by atoms with van der Waals surface area (Å²) in [7, 11) is 0. The summed E-state index contributed by atoms with van der Waals surface area (Å²) >= 11 is 0. The first-order valence-electron chi connectivity index (χ1n) is 12.4. The Hall–Kier alpha value is -4.82. The Bertz CT molecular complexity index is 2370. The van der Waals surface area contributed by atoms with Gasteiger partial charge in [-0.1, -0.05) is 91.0 Å². The summed E-state index contributed by atoms with van der Waals surface area (Å²) in [4.78, 5) is 3.62. The lowest BCUT2D eigenvalue weighted by Crippen LogP contribution is -1.86. The number of nitrogens with one attached hydrogen (secondary N) is 1. The van der Waals surface area contributed by atoms with E-state index in [0.29, 0.717) is 0 Å². The standard InChI is InChI=1S/C34H19NO/c1-3-11-21-19(9-1)20-10-2-4-12-22(20)31-29(21)23-13-5-6-14-24(23)32-33-28(36-34(31)32)18-17-27-30(33)25-15-7-8-16-26(25)35-27/h1-18,35H. The van der Waals surface area contributed by atoms with Crippen LogP contribution in [0.4, 0.5) is 0 Å². The molecule has 9 rings (SSSR count). The van der Waals surface area contributed by atoms with Gasteiger partial charge in [-0.3, -0.25) is 0 Å². The third-order valence-corrected chi connectivity index (χ3v) is 7.95. The fourth-order valence-electron chi connectivity index (χ4n) is 6.54. The zero-order valence-corrected chi connectivity index (χ0v) is 19.3. The van der Waals surface area contributed by atoms with Crippen molar-refractivity contribution in [2.45, 2.75) is 0 Å². The Labute approximate surface area is 205 Å². The highest BCUT2D eigenvalue weighted by molar-refractivity contribution is 6.43. The molecule has 2 nitrogen and oxygen atoms in total. The average Bonchev–Trinajstić information content (AvgIpc) is 3.51. The van der Waals surface area contributed by atoms with E-state index in [1.54, 1.807) is 0 Å². The van der Waals surface area contributed by atoms with E-state index in [2.05, 4.69) is 114 Å². The maximum absolute atomic E-state index is 6.84. The van der Waals surface area contributed by atoms with Gasteiger partial charge in [0.05, 0.1) is 0 Å². The predicted octanol–water partition coefficient (Wildman–Crippen LogP) is 9.83. The summed E-state index contributed by atoms with van der Waals surface area (Å²) in [6, 6.07) is 39.2. The number of para-hydroxylation sites is 1. The van der Waals surface area contributed by atoms with Crippen molar-refractivity contribution in [1.29, 1.82) is 0 Å². The van der Waals surface area contributed by atoms with Gasteiger partial charge in [0, 0.05) is 43.4 Å². The van der Waals surface area contributed by atoms with Crippen molar-refractivity contribution in [2.75, 3.05) is 0 Å². The summed E-state index contributed by atoms with van der Waals surface area (Å²) in [6.07, 6.45) is 0. The highest BCUT2D eigenvalue weighted by Crippen LogP contribution is 2.48. The maximum atomic E-state index is 6.84. The van der Waals surface area contributed by atoms with E-state index in [1.807, 2.05) is 0 Å². The summed E-state index contributed by atoms with van der Waals surface area (Å²) in [6.45, 7) is 0. The second-order valence-electron chi connectivity index (χ2n) is 9.72. The van der Waals surface area contributed by atoms with Gasteiger partial charge < -0.3 is 9.40 Å². The minimum absolute atomic E-state index is 0.928. The van der Waals surface area contributed by atoms with Crippen LogP contribution in [0.5, 0.6) is 0 Å². The first-order valence-corrected chi connectivity index (χ1v) is 12.4. The van der Waals surface area contributed by atoms with Gasteiger partial charge in [-0.25, -0.2) is 0 Å². The van der Waals surface area contributed by atoms with Crippen molar-refractivity contribution < 1.29 is 4.42 Å². The van der Waals surface area contributed by atoms with Crippen molar-refractivity contribution in [3.8, 4) is 0 Å². The summed E-state index contributed by atoms with van der Waals surface area (Å²) in [5.41, 5.74) is 4.19. The summed E-state index contributed by atoms with van der Waals surface area (Å²) in [5.74, 6) is 0. The van der Waals surface area contributed by atoms with E-state index >= 15 is 0 Å². The fraction of sp³-hybridized carbons (Fsp3) is 0. The molecule has 0 aliphatic rings. The van der Waals surface area contributed by atoms with Crippen LogP contribution in [-0.2, 0) is 0 Å². The molecule has 1 N–H and O–H groups in total. The molecule has 0 spiro atoms. The van der Waals surface area contributed by atoms with E-state index in [1.165, 1.54) is 64.6 Å². The van der Waals surface area contributed by atoms with Gasteiger partial charge >= 0.3 is 0 Å². The predicted molar refractivity (Wildman–Crippen MR) is 153 cm³/mol. The monoisotopic (exact) mass is 457 g/mol. The number of rotatable bonds is 0. The van der Waals surface area contributed by atoms with Crippen LogP contribution in [-0.4, -0.2) is 4.98 Å². The number of fused-ring (bicyclic) bond motifs is 17. The van der Waals surface area contributed by atoms with Crippen molar-refractivity contribution in [2.24, 2.45) is 0 Å². The molecule has 0 saturated heterocycles. The van der Waals surface area contributed by atoms with Crippen LogP contribution in [0, 0.1) is 0 Å². The normalized spacial score (nSPS) is 12.4. The second-order valence-corrected chi connectivity index (χ2v) is 9.72. The van der Waals surface area contributed by atoms with E-state index in [0.717, 1.165) is 22.2 Å². The lowest BCUT2D eigenvalue weighted by molar-refractivity contribution is 0.673. The van der Waals surface area contributed by atoms with Crippen LogP contribution >= 0.6 is 0 Å². The van der Waals surface area contributed by atoms with E-state index in [9.17, 15) is 0 Å². The number of hydrogen-bond donors (Lipinski definition) is 1. The van der Waals surface area contributed by atoms with Crippen molar-refractivity contribution in [3.05, 3.63) is 109 Å². The second kappa shape index (κ2) is 6.44. The molecule has 0 amide bonds. The lowest BCUT2D eigenvalue weighted by atomic mass is 9.89. The number of aromatic amines is 1. The molecular weight excluding hydrogens is 438 g/mol.